The number of alkyl halides is 3. The number of hydrogen-bond donors (Lipinski definition) is 1. The number of hydrogen-bond acceptors (Lipinski definition) is 8. The number of rotatable bonds is 11. The number of carbonyl (C=O) groups excluding carboxylic acids is 2. The Morgan fingerprint density at radius 1 is 1.03 bits per heavy atom. The molecule has 0 saturated heterocycles. The van der Waals surface area contributed by atoms with E-state index in [0.29, 0.717) is 30.1 Å². The van der Waals surface area contributed by atoms with Crippen LogP contribution >= 0.6 is 0 Å². The zero-order valence-electron chi connectivity index (χ0n) is 21.8. The number of amides is 1. The van der Waals surface area contributed by atoms with E-state index in [1.54, 1.807) is 45.2 Å². The SMILES string of the molecule is COCCC(C)(C)OC(=O)NC(Cc1ccc(-c2ncn(-c3ccc(OC(F)(F)F)cc3)n2)cc1)C(=O)OC. The van der Waals surface area contributed by atoms with Gasteiger partial charge in [0.1, 0.15) is 23.7 Å². The van der Waals surface area contributed by atoms with Gasteiger partial charge in [0.05, 0.1) is 12.8 Å². The van der Waals surface area contributed by atoms with Crippen LogP contribution in [0.1, 0.15) is 25.8 Å². The van der Waals surface area contributed by atoms with Crippen molar-refractivity contribution in [3.63, 3.8) is 0 Å². The molecule has 0 aliphatic carbocycles. The van der Waals surface area contributed by atoms with E-state index in [-0.39, 0.29) is 12.2 Å². The van der Waals surface area contributed by atoms with Crippen molar-refractivity contribution in [3.05, 3.63) is 60.4 Å². The molecule has 39 heavy (non-hydrogen) atoms. The summed E-state index contributed by atoms with van der Waals surface area (Å²) >= 11 is 0. The third-order valence-electron chi connectivity index (χ3n) is 5.53. The van der Waals surface area contributed by atoms with E-state index in [2.05, 4.69) is 20.1 Å². The number of methoxy groups -OCH3 is 2. The highest BCUT2D eigenvalue weighted by Crippen LogP contribution is 2.24. The Morgan fingerprint density at radius 3 is 2.28 bits per heavy atom. The lowest BCUT2D eigenvalue weighted by atomic mass is 10.0. The van der Waals surface area contributed by atoms with Gasteiger partial charge in [0.2, 0.25) is 0 Å². The van der Waals surface area contributed by atoms with Crippen LogP contribution < -0.4 is 10.1 Å². The van der Waals surface area contributed by atoms with Crippen LogP contribution in [0.2, 0.25) is 0 Å². The molecule has 1 aromatic heterocycles. The lowest BCUT2D eigenvalue weighted by Crippen LogP contribution is -2.45. The van der Waals surface area contributed by atoms with E-state index in [1.807, 2.05) is 0 Å². The van der Waals surface area contributed by atoms with Gasteiger partial charge in [0, 0.05) is 32.1 Å². The van der Waals surface area contributed by atoms with Gasteiger partial charge in [-0.3, -0.25) is 0 Å². The first-order valence-electron chi connectivity index (χ1n) is 11.8. The maximum absolute atomic E-state index is 12.4. The normalized spacial score (nSPS) is 12.5. The molecule has 2 aromatic carbocycles. The van der Waals surface area contributed by atoms with Crippen molar-refractivity contribution in [3.8, 4) is 22.8 Å². The molecule has 0 spiro atoms. The average Bonchev–Trinajstić information content (AvgIpc) is 3.36. The van der Waals surface area contributed by atoms with E-state index in [9.17, 15) is 22.8 Å². The molecule has 3 aromatic rings. The van der Waals surface area contributed by atoms with E-state index in [1.165, 1.54) is 42.4 Å². The molecule has 13 heteroatoms. The van der Waals surface area contributed by atoms with Crippen LogP contribution in [0.25, 0.3) is 17.1 Å². The van der Waals surface area contributed by atoms with E-state index in [4.69, 9.17) is 14.2 Å². The first-order chi connectivity index (χ1) is 18.4. The molecule has 3 rings (SSSR count). The number of halogens is 3. The summed E-state index contributed by atoms with van der Waals surface area (Å²) in [5, 5.41) is 6.92. The summed E-state index contributed by atoms with van der Waals surface area (Å²) in [6.07, 6.45) is -3.47. The molecule has 10 nitrogen and oxygen atoms in total. The van der Waals surface area contributed by atoms with Crippen molar-refractivity contribution in [2.45, 2.75) is 44.7 Å². The Balaban J connectivity index is 1.65. The number of nitrogens with zero attached hydrogens (tertiary/aromatic N) is 3. The minimum absolute atomic E-state index is 0.148. The molecule has 1 amide bonds. The van der Waals surface area contributed by atoms with Crippen LogP contribution in [0.15, 0.2) is 54.9 Å². The third kappa shape index (κ3) is 8.99. The first-order valence-corrected chi connectivity index (χ1v) is 11.8. The van der Waals surface area contributed by atoms with Crippen LogP contribution in [0, 0.1) is 0 Å². The second kappa shape index (κ2) is 12.6. The second-order valence-electron chi connectivity index (χ2n) is 9.07. The van der Waals surface area contributed by atoms with Crippen LogP contribution in [0.4, 0.5) is 18.0 Å². The van der Waals surface area contributed by atoms with Crippen molar-refractivity contribution in [1.82, 2.24) is 20.1 Å². The summed E-state index contributed by atoms with van der Waals surface area (Å²) in [5.74, 6) is -0.593. The Labute approximate surface area is 223 Å². The molecule has 1 unspecified atom stereocenters. The minimum Gasteiger partial charge on any atom is -0.467 e. The fraction of sp³-hybridized carbons (Fsp3) is 0.385. The quantitative estimate of drug-likeness (QED) is 0.348. The number of benzene rings is 2. The maximum Gasteiger partial charge on any atom is 0.573 e. The molecule has 210 valence electrons. The van der Waals surface area contributed by atoms with E-state index < -0.39 is 30.1 Å². The summed E-state index contributed by atoms with van der Waals surface area (Å²) in [6, 6.07) is 11.2. The average molecular weight is 551 g/mol. The van der Waals surface area contributed by atoms with E-state index in [0.717, 1.165) is 5.56 Å². The van der Waals surface area contributed by atoms with Crippen LogP contribution in [0.3, 0.4) is 0 Å². The van der Waals surface area contributed by atoms with Gasteiger partial charge in [-0.15, -0.1) is 18.3 Å². The number of esters is 1. The smallest absolute Gasteiger partial charge is 0.467 e. The van der Waals surface area contributed by atoms with Gasteiger partial charge in [-0.2, -0.15) is 0 Å². The summed E-state index contributed by atoms with van der Waals surface area (Å²) < 4.78 is 57.7. The van der Waals surface area contributed by atoms with Gasteiger partial charge in [0.25, 0.3) is 0 Å². The van der Waals surface area contributed by atoms with Crippen LogP contribution in [-0.2, 0) is 25.4 Å². The standard InChI is InChI=1S/C26H29F3N4O6/c1-25(2,13-14-36-3)39-24(35)31-21(23(34)37-4)15-17-5-7-18(8-6-17)22-30-16-33(32-22)19-9-11-20(12-10-19)38-26(27,28)29/h5-12,16,21H,13-15H2,1-4H3,(H,31,35). The van der Waals surface area contributed by atoms with Gasteiger partial charge in [-0.05, 0) is 43.7 Å². The fourth-order valence-corrected chi connectivity index (χ4v) is 3.50. The van der Waals surface area contributed by atoms with Crippen LogP contribution in [-0.4, -0.2) is 65.7 Å². The summed E-state index contributed by atoms with van der Waals surface area (Å²) in [7, 11) is 2.78. The summed E-state index contributed by atoms with van der Waals surface area (Å²) in [6.45, 7) is 3.89. The molecule has 1 N–H and O–H groups in total. The highest BCUT2D eigenvalue weighted by atomic mass is 19.4. The van der Waals surface area contributed by atoms with Crippen molar-refractivity contribution >= 4 is 12.1 Å². The largest absolute Gasteiger partial charge is 0.573 e. The maximum atomic E-state index is 12.4. The molecular formula is C26H29F3N4O6. The lowest BCUT2D eigenvalue weighted by Gasteiger charge is -2.26. The van der Waals surface area contributed by atoms with Gasteiger partial charge >= 0.3 is 18.4 Å². The highest BCUT2D eigenvalue weighted by molar-refractivity contribution is 5.81. The number of carbonyl (C=O) groups is 2. The molecule has 0 aliphatic rings. The molecule has 0 saturated carbocycles. The molecule has 0 radical (unpaired) electrons. The zero-order chi connectivity index (χ0) is 28.6. The van der Waals surface area contributed by atoms with Crippen molar-refractivity contribution in [2.24, 2.45) is 0 Å². The number of alkyl carbamates (subject to hydrolysis) is 1. The molecule has 0 aliphatic heterocycles. The number of nitrogens with one attached hydrogen (secondary N) is 1. The fourth-order valence-electron chi connectivity index (χ4n) is 3.50. The second-order valence-corrected chi connectivity index (χ2v) is 9.07. The van der Waals surface area contributed by atoms with Crippen molar-refractivity contribution in [2.75, 3.05) is 20.8 Å². The molecule has 1 heterocycles. The predicted octanol–water partition coefficient (Wildman–Crippen LogP) is 4.46. The van der Waals surface area contributed by atoms with Gasteiger partial charge < -0.3 is 24.3 Å². The number of aromatic nitrogens is 3. The third-order valence-corrected chi connectivity index (χ3v) is 5.53. The lowest BCUT2D eigenvalue weighted by molar-refractivity contribution is -0.274. The van der Waals surface area contributed by atoms with Gasteiger partial charge in [-0.1, -0.05) is 24.3 Å². The minimum atomic E-state index is -4.77. The molecular weight excluding hydrogens is 521 g/mol. The zero-order valence-corrected chi connectivity index (χ0v) is 21.8. The molecule has 0 fully saturated rings. The Kier molecular flexibility index (Phi) is 9.51. The first kappa shape index (κ1) is 29.4. The summed E-state index contributed by atoms with van der Waals surface area (Å²) in [4.78, 5) is 29.0. The monoisotopic (exact) mass is 550 g/mol. The molecule has 0 bridgehead atoms. The van der Waals surface area contributed by atoms with Gasteiger partial charge in [0.15, 0.2) is 5.82 Å². The molecule has 1 atom stereocenters. The van der Waals surface area contributed by atoms with E-state index >= 15 is 0 Å². The number of ether oxygens (including phenoxy) is 4. The highest BCUT2D eigenvalue weighted by Gasteiger charge is 2.31. The Bertz CT molecular complexity index is 1240. The topological polar surface area (TPSA) is 114 Å². The van der Waals surface area contributed by atoms with Crippen LogP contribution in [0.5, 0.6) is 5.75 Å². The van der Waals surface area contributed by atoms with Crippen molar-refractivity contribution in [1.29, 1.82) is 0 Å². The predicted molar refractivity (Wildman–Crippen MR) is 133 cm³/mol. The Hall–Kier alpha value is -4.13. The van der Waals surface area contributed by atoms with Crippen molar-refractivity contribution < 1.29 is 41.7 Å². The summed E-state index contributed by atoms with van der Waals surface area (Å²) in [5.41, 5.74) is 1.09. The Morgan fingerprint density at radius 2 is 1.69 bits per heavy atom. The van der Waals surface area contributed by atoms with Gasteiger partial charge in [-0.25, -0.2) is 19.3 Å².